The van der Waals surface area contributed by atoms with Crippen LogP contribution in [0.25, 0.3) is 0 Å². The molecule has 3 N–H and O–H groups in total. The summed E-state index contributed by atoms with van der Waals surface area (Å²) >= 11 is 0. The number of amides is 1. The predicted octanol–water partition coefficient (Wildman–Crippen LogP) is 0.239. The van der Waals surface area contributed by atoms with Crippen molar-refractivity contribution < 1.29 is 14.3 Å². The van der Waals surface area contributed by atoms with Crippen molar-refractivity contribution >= 4 is 5.91 Å². The number of carbonyl (C=O) groups is 1. The van der Waals surface area contributed by atoms with Crippen molar-refractivity contribution in [3.05, 3.63) is 0 Å². The maximum Gasteiger partial charge on any atom is 0.239 e. The molecule has 0 aromatic rings. The highest BCUT2D eigenvalue weighted by atomic mass is 16.7. The van der Waals surface area contributed by atoms with E-state index in [1.54, 1.807) is 6.92 Å². The van der Waals surface area contributed by atoms with Gasteiger partial charge in [-0.05, 0) is 13.3 Å². The van der Waals surface area contributed by atoms with Crippen LogP contribution in [0.1, 0.15) is 26.7 Å². The Hall–Kier alpha value is -0.650. The molecule has 90 valence electrons. The van der Waals surface area contributed by atoms with E-state index in [4.69, 9.17) is 15.2 Å². The molecule has 0 spiro atoms. The number of nitrogens with one attached hydrogen (secondary N) is 1. The van der Waals surface area contributed by atoms with Gasteiger partial charge in [0.2, 0.25) is 5.91 Å². The van der Waals surface area contributed by atoms with Gasteiger partial charge in [-0.1, -0.05) is 13.3 Å². The van der Waals surface area contributed by atoms with Crippen LogP contribution in [0.2, 0.25) is 0 Å². The SMILES string of the molecule is CCCC(C)(N)C(=O)NCC(OC)OC. The van der Waals surface area contributed by atoms with Gasteiger partial charge in [0.15, 0.2) is 6.29 Å². The fourth-order valence-corrected chi connectivity index (χ4v) is 1.27. The first-order valence-corrected chi connectivity index (χ1v) is 5.10. The molecule has 0 radical (unpaired) electrons. The van der Waals surface area contributed by atoms with Gasteiger partial charge in [-0.3, -0.25) is 4.79 Å². The van der Waals surface area contributed by atoms with E-state index in [1.165, 1.54) is 14.2 Å². The average molecular weight is 218 g/mol. The molecule has 5 heteroatoms. The number of ether oxygens (including phenoxy) is 2. The molecule has 1 unspecified atom stereocenters. The van der Waals surface area contributed by atoms with Gasteiger partial charge in [-0.15, -0.1) is 0 Å². The van der Waals surface area contributed by atoms with Gasteiger partial charge < -0.3 is 20.5 Å². The van der Waals surface area contributed by atoms with Crippen molar-refractivity contribution in [3.8, 4) is 0 Å². The van der Waals surface area contributed by atoms with Gasteiger partial charge in [0.25, 0.3) is 0 Å². The van der Waals surface area contributed by atoms with Gasteiger partial charge in [0, 0.05) is 14.2 Å². The van der Waals surface area contributed by atoms with Crippen LogP contribution in [-0.4, -0.2) is 38.5 Å². The molecular weight excluding hydrogens is 196 g/mol. The van der Waals surface area contributed by atoms with E-state index in [-0.39, 0.29) is 5.91 Å². The largest absolute Gasteiger partial charge is 0.354 e. The number of methoxy groups -OCH3 is 2. The Morgan fingerprint density at radius 1 is 1.47 bits per heavy atom. The number of nitrogens with two attached hydrogens (primary N) is 1. The molecule has 0 aromatic carbocycles. The van der Waals surface area contributed by atoms with Crippen molar-refractivity contribution in [2.24, 2.45) is 5.73 Å². The molecule has 0 rings (SSSR count). The fourth-order valence-electron chi connectivity index (χ4n) is 1.27. The number of hydrogen-bond donors (Lipinski definition) is 2. The van der Waals surface area contributed by atoms with Crippen LogP contribution in [0.15, 0.2) is 0 Å². The second-order valence-electron chi connectivity index (χ2n) is 3.78. The predicted molar refractivity (Wildman–Crippen MR) is 58.3 cm³/mol. The van der Waals surface area contributed by atoms with E-state index in [9.17, 15) is 4.79 Å². The molecule has 15 heavy (non-hydrogen) atoms. The summed E-state index contributed by atoms with van der Waals surface area (Å²) in [5.74, 6) is -0.177. The molecule has 0 heterocycles. The third kappa shape index (κ3) is 5.11. The monoisotopic (exact) mass is 218 g/mol. The molecule has 5 nitrogen and oxygen atoms in total. The third-order valence-electron chi connectivity index (χ3n) is 2.24. The van der Waals surface area contributed by atoms with Gasteiger partial charge in [0.05, 0.1) is 12.1 Å². The van der Waals surface area contributed by atoms with Gasteiger partial charge in [-0.25, -0.2) is 0 Å². The lowest BCUT2D eigenvalue weighted by molar-refractivity contribution is -0.131. The summed E-state index contributed by atoms with van der Waals surface area (Å²) in [6, 6.07) is 0. The zero-order valence-electron chi connectivity index (χ0n) is 10.0. The lowest BCUT2D eigenvalue weighted by atomic mass is 9.97. The standard InChI is InChI=1S/C10H22N2O3/c1-5-6-10(2,11)9(13)12-7-8(14-3)15-4/h8H,5-7,11H2,1-4H3,(H,12,13). The quantitative estimate of drug-likeness (QED) is 0.600. The van der Waals surface area contributed by atoms with E-state index in [1.807, 2.05) is 6.92 Å². The zero-order valence-corrected chi connectivity index (χ0v) is 10.0. The topological polar surface area (TPSA) is 73.6 Å². The van der Waals surface area contributed by atoms with Crippen LogP contribution in [0.3, 0.4) is 0 Å². The molecule has 1 amide bonds. The summed E-state index contributed by atoms with van der Waals surface area (Å²) in [6.07, 6.45) is 1.10. The van der Waals surface area contributed by atoms with Gasteiger partial charge >= 0.3 is 0 Å². The smallest absolute Gasteiger partial charge is 0.239 e. The van der Waals surface area contributed by atoms with Crippen molar-refractivity contribution in [2.75, 3.05) is 20.8 Å². The highest BCUT2D eigenvalue weighted by molar-refractivity contribution is 5.85. The molecule has 0 aliphatic carbocycles. The minimum absolute atomic E-state index is 0.177. The zero-order chi connectivity index (χ0) is 11.9. The van der Waals surface area contributed by atoms with Crippen LogP contribution < -0.4 is 11.1 Å². The molecule has 0 saturated carbocycles. The highest BCUT2D eigenvalue weighted by Crippen LogP contribution is 2.08. The van der Waals surface area contributed by atoms with Crippen LogP contribution in [0.5, 0.6) is 0 Å². The molecule has 0 bridgehead atoms. The Bertz CT molecular complexity index is 191. The van der Waals surface area contributed by atoms with E-state index in [2.05, 4.69) is 5.32 Å². The summed E-state index contributed by atoms with van der Waals surface area (Å²) in [4.78, 5) is 11.6. The summed E-state index contributed by atoms with van der Waals surface area (Å²) in [5, 5.41) is 2.70. The minimum atomic E-state index is -0.819. The van der Waals surface area contributed by atoms with E-state index < -0.39 is 11.8 Å². The van der Waals surface area contributed by atoms with Crippen LogP contribution in [0.4, 0.5) is 0 Å². The van der Waals surface area contributed by atoms with Crippen molar-refractivity contribution in [3.63, 3.8) is 0 Å². The first-order valence-electron chi connectivity index (χ1n) is 5.10. The Morgan fingerprint density at radius 3 is 2.40 bits per heavy atom. The lowest BCUT2D eigenvalue weighted by Crippen LogP contribution is -2.53. The molecule has 0 saturated heterocycles. The lowest BCUT2D eigenvalue weighted by Gasteiger charge is -2.24. The molecule has 0 fully saturated rings. The van der Waals surface area contributed by atoms with E-state index in [0.29, 0.717) is 13.0 Å². The molecule has 1 atom stereocenters. The van der Waals surface area contributed by atoms with Crippen molar-refractivity contribution in [2.45, 2.75) is 38.5 Å². The molecule has 0 aromatic heterocycles. The second-order valence-corrected chi connectivity index (χ2v) is 3.78. The Labute approximate surface area is 91.3 Å². The first-order chi connectivity index (χ1) is 6.97. The maximum atomic E-state index is 11.6. The Morgan fingerprint density at radius 2 is 2.00 bits per heavy atom. The highest BCUT2D eigenvalue weighted by Gasteiger charge is 2.27. The summed E-state index contributed by atoms with van der Waals surface area (Å²) < 4.78 is 9.89. The summed E-state index contributed by atoms with van der Waals surface area (Å²) in [5.41, 5.74) is 5.03. The fraction of sp³-hybridized carbons (Fsp3) is 0.900. The van der Waals surface area contributed by atoms with Crippen LogP contribution >= 0.6 is 0 Å². The van der Waals surface area contributed by atoms with Crippen molar-refractivity contribution in [1.82, 2.24) is 5.32 Å². The maximum absolute atomic E-state index is 11.6. The molecule has 0 aliphatic rings. The Kier molecular flexibility index (Phi) is 6.47. The second kappa shape index (κ2) is 6.76. The van der Waals surface area contributed by atoms with Crippen LogP contribution in [0, 0.1) is 0 Å². The number of carbonyl (C=O) groups excluding carboxylic acids is 1. The van der Waals surface area contributed by atoms with Crippen molar-refractivity contribution in [1.29, 1.82) is 0 Å². The number of rotatable bonds is 7. The van der Waals surface area contributed by atoms with Gasteiger partial charge in [0.1, 0.15) is 0 Å². The third-order valence-corrected chi connectivity index (χ3v) is 2.24. The summed E-state index contributed by atoms with van der Waals surface area (Å²) in [6.45, 7) is 4.02. The summed E-state index contributed by atoms with van der Waals surface area (Å²) in [7, 11) is 3.04. The van der Waals surface area contributed by atoms with E-state index >= 15 is 0 Å². The Balaban J connectivity index is 4.02. The minimum Gasteiger partial charge on any atom is -0.354 e. The van der Waals surface area contributed by atoms with Crippen LogP contribution in [-0.2, 0) is 14.3 Å². The number of hydrogen-bond acceptors (Lipinski definition) is 4. The first kappa shape index (κ1) is 14.3. The van der Waals surface area contributed by atoms with Gasteiger partial charge in [-0.2, -0.15) is 0 Å². The normalized spacial score (nSPS) is 15.1. The molecular formula is C10H22N2O3. The van der Waals surface area contributed by atoms with E-state index in [0.717, 1.165) is 6.42 Å². The molecule has 0 aliphatic heterocycles. The average Bonchev–Trinajstić information content (AvgIpc) is 2.19.